The summed E-state index contributed by atoms with van der Waals surface area (Å²) >= 11 is 0. The largest absolute Gasteiger partial charge is 0.369 e. The molecule has 0 aliphatic heterocycles. The van der Waals surface area contributed by atoms with Gasteiger partial charge in [0, 0.05) is 6.04 Å². The lowest BCUT2D eigenvalue weighted by atomic mass is 10.1. The van der Waals surface area contributed by atoms with Crippen molar-refractivity contribution in [2.24, 2.45) is 5.73 Å². The van der Waals surface area contributed by atoms with Gasteiger partial charge in [-0.1, -0.05) is 30.3 Å². The molecule has 1 rings (SSSR count). The second kappa shape index (κ2) is 5.79. The molecule has 1 atom stereocenters. The molecule has 6 heteroatoms. The average Bonchev–Trinajstić information content (AvgIpc) is 2.15. The van der Waals surface area contributed by atoms with Gasteiger partial charge >= 0.3 is 0 Å². The van der Waals surface area contributed by atoms with Gasteiger partial charge in [0.15, 0.2) is 0 Å². The Labute approximate surface area is 101 Å². The van der Waals surface area contributed by atoms with Gasteiger partial charge in [0.2, 0.25) is 15.9 Å². The van der Waals surface area contributed by atoms with Gasteiger partial charge < -0.3 is 5.73 Å². The molecule has 94 valence electrons. The fourth-order valence-electron chi connectivity index (χ4n) is 1.54. The van der Waals surface area contributed by atoms with E-state index in [0.29, 0.717) is 6.42 Å². The van der Waals surface area contributed by atoms with Crippen molar-refractivity contribution >= 4 is 15.9 Å². The van der Waals surface area contributed by atoms with Crippen LogP contribution in [0.1, 0.15) is 12.5 Å². The maximum absolute atomic E-state index is 11.4. The third-order valence-corrected chi connectivity index (χ3v) is 3.52. The molecule has 0 aliphatic carbocycles. The molecule has 0 aromatic heterocycles. The summed E-state index contributed by atoms with van der Waals surface area (Å²) in [5, 5.41) is 0. The van der Waals surface area contributed by atoms with E-state index in [4.69, 9.17) is 5.73 Å². The Morgan fingerprint density at radius 3 is 2.47 bits per heavy atom. The van der Waals surface area contributed by atoms with Crippen molar-refractivity contribution in [2.75, 3.05) is 5.75 Å². The maximum Gasteiger partial charge on any atom is 0.234 e. The molecule has 0 aliphatic rings. The normalized spacial score (nSPS) is 13.2. The van der Waals surface area contributed by atoms with Gasteiger partial charge in [-0.3, -0.25) is 4.79 Å². The third kappa shape index (κ3) is 5.46. The fraction of sp³-hybridized carbons (Fsp3) is 0.364. The predicted molar refractivity (Wildman–Crippen MR) is 65.7 cm³/mol. The first-order valence-electron chi connectivity index (χ1n) is 5.21. The van der Waals surface area contributed by atoms with Crippen molar-refractivity contribution < 1.29 is 13.2 Å². The molecule has 0 spiro atoms. The Morgan fingerprint density at radius 2 is 1.94 bits per heavy atom. The smallest absolute Gasteiger partial charge is 0.234 e. The van der Waals surface area contributed by atoms with E-state index in [0.717, 1.165) is 5.56 Å². The molecule has 0 fully saturated rings. The lowest BCUT2D eigenvalue weighted by Gasteiger charge is -2.13. The minimum absolute atomic E-state index is 0.276. The van der Waals surface area contributed by atoms with Gasteiger partial charge in [-0.25, -0.2) is 13.1 Å². The second-order valence-electron chi connectivity index (χ2n) is 3.93. The van der Waals surface area contributed by atoms with Crippen LogP contribution in [0.4, 0.5) is 0 Å². The zero-order valence-corrected chi connectivity index (χ0v) is 10.4. The Kier molecular flexibility index (Phi) is 4.65. The van der Waals surface area contributed by atoms with E-state index < -0.39 is 21.7 Å². The third-order valence-electron chi connectivity index (χ3n) is 2.10. The standard InChI is InChI=1S/C11H16N2O3S/c1-9(7-10-5-3-2-4-6-10)13-17(15,16)8-11(12)14/h2-6,9,13H,7-8H2,1H3,(H2,12,14). The van der Waals surface area contributed by atoms with Crippen LogP contribution in [-0.4, -0.2) is 26.1 Å². The number of carbonyl (C=O) groups excluding carboxylic acids is 1. The number of primary amides is 1. The molecule has 0 heterocycles. The molecule has 17 heavy (non-hydrogen) atoms. The van der Waals surface area contributed by atoms with E-state index >= 15 is 0 Å². The first-order chi connectivity index (χ1) is 7.89. The van der Waals surface area contributed by atoms with Crippen molar-refractivity contribution in [1.29, 1.82) is 0 Å². The SMILES string of the molecule is CC(Cc1ccccc1)NS(=O)(=O)CC(N)=O. The molecule has 3 N–H and O–H groups in total. The van der Waals surface area contributed by atoms with Gasteiger partial charge in [-0.2, -0.15) is 0 Å². The van der Waals surface area contributed by atoms with Crippen molar-refractivity contribution in [3.05, 3.63) is 35.9 Å². The molecule has 1 unspecified atom stereocenters. The molecular weight excluding hydrogens is 240 g/mol. The van der Waals surface area contributed by atoms with Crippen LogP contribution < -0.4 is 10.5 Å². The van der Waals surface area contributed by atoms with E-state index in [1.807, 2.05) is 30.3 Å². The summed E-state index contributed by atoms with van der Waals surface area (Å²) in [5.41, 5.74) is 5.88. The number of carbonyl (C=O) groups is 1. The second-order valence-corrected chi connectivity index (χ2v) is 5.69. The maximum atomic E-state index is 11.4. The van der Waals surface area contributed by atoms with Crippen LogP contribution in [0.2, 0.25) is 0 Å². The molecule has 0 bridgehead atoms. The summed E-state index contributed by atoms with van der Waals surface area (Å²) in [6, 6.07) is 9.23. The number of hydrogen-bond donors (Lipinski definition) is 2. The number of nitrogens with two attached hydrogens (primary N) is 1. The quantitative estimate of drug-likeness (QED) is 0.752. The fourth-order valence-corrected chi connectivity index (χ4v) is 2.70. The van der Waals surface area contributed by atoms with Crippen LogP contribution in [-0.2, 0) is 21.2 Å². The summed E-state index contributed by atoms with van der Waals surface area (Å²) in [6.45, 7) is 1.74. The summed E-state index contributed by atoms with van der Waals surface area (Å²) in [5.74, 6) is -1.53. The average molecular weight is 256 g/mol. The predicted octanol–water partition coefficient (Wildman–Crippen LogP) is 0.0223. The highest BCUT2D eigenvalue weighted by Crippen LogP contribution is 2.03. The van der Waals surface area contributed by atoms with Crippen molar-refractivity contribution in [3.63, 3.8) is 0 Å². The summed E-state index contributed by atoms with van der Waals surface area (Å²) < 4.78 is 25.3. The number of rotatable bonds is 6. The van der Waals surface area contributed by atoms with E-state index in [9.17, 15) is 13.2 Å². The van der Waals surface area contributed by atoms with Gasteiger partial charge in [-0.05, 0) is 18.9 Å². The van der Waals surface area contributed by atoms with E-state index in [-0.39, 0.29) is 6.04 Å². The number of hydrogen-bond acceptors (Lipinski definition) is 3. The van der Waals surface area contributed by atoms with Crippen molar-refractivity contribution in [1.82, 2.24) is 4.72 Å². The highest BCUT2D eigenvalue weighted by atomic mass is 32.2. The zero-order chi connectivity index (χ0) is 12.9. The monoisotopic (exact) mass is 256 g/mol. The number of amides is 1. The summed E-state index contributed by atoms with van der Waals surface area (Å²) in [7, 11) is -3.62. The molecule has 1 amide bonds. The molecule has 1 aromatic carbocycles. The topological polar surface area (TPSA) is 89.3 Å². The molecule has 0 saturated heterocycles. The number of sulfonamides is 1. The number of nitrogens with one attached hydrogen (secondary N) is 1. The Bertz CT molecular complexity index is 471. The van der Waals surface area contributed by atoms with Crippen LogP contribution in [0.3, 0.4) is 0 Å². The van der Waals surface area contributed by atoms with Crippen LogP contribution >= 0.6 is 0 Å². The van der Waals surface area contributed by atoms with Crippen LogP contribution in [0.15, 0.2) is 30.3 Å². The van der Waals surface area contributed by atoms with Crippen molar-refractivity contribution in [3.8, 4) is 0 Å². The molecule has 0 radical (unpaired) electrons. The zero-order valence-electron chi connectivity index (χ0n) is 9.59. The Hall–Kier alpha value is -1.40. The molecule has 5 nitrogen and oxygen atoms in total. The van der Waals surface area contributed by atoms with Crippen LogP contribution in [0.5, 0.6) is 0 Å². The van der Waals surface area contributed by atoms with Gasteiger partial charge in [-0.15, -0.1) is 0 Å². The lowest BCUT2D eigenvalue weighted by Crippen LogP contribution is -2.39. The molecule has 0 saturated carbocycles. The first-order valence-corrected chi connectivity index (χ1v) is 6.86. The summed E-state index contributed by atoms with van der Waals surface area (Å²) in [4.78, 5) is 10.6. The van der Waals surface area contributed by atoms with E-state index in [1.165, 1.54) is 0 Å². The minimum Gasteiger partial charge on any atom is -0.369 e. The Morgan fingerprint density at radius 1 is 1.35 bits per heavy atom. The van der Waals surface area contributed by atoms with E-state index in [1.54, 1.807) is 6.92 Å². The van der Waals surface area contributed by atoms with Gasteiger partial charge in [0.1, 0.15) is 5.75 Å². The van der Waals surface area contributed by atoms with Gasteiger partial charge in [0.25, 0.3) is 0 Å². The van der Waals surface area contributed by atoms with Crippen LogP contribution in [0.25, 0.3) is 0 Å². The van der Waals surface area contributed by atoms with Gasteiger partial charge in [0.05, 0.1) is 0 Å². The Balaban J connectivity index is 2.55. The lowest BCUT2D eigenvalue weighted by molar-refractivity contribution is -0.115. The minimum atomic E-state index is -3.62. The molecule has 1 aromatic rings. The highest BCUT2D eigenvalue weighted by Gasteiger charge is 2.17. The highest BCUT2D eigenvalue weighted by molar-refractivity contribution is 7.90. The summed E-state index contributed by atoms with van der Waals surface area (Å²) in [6.07, 6.45) is 0.568. The number of benzene rings is 1. The van der Waals surface area contributed by atoms with Crippen LogP contribution in [0, 0.1) is 0 Å². The van der Waals surface area contributed by atoms with E-state index in [2.05, 4.69) is 4.72 Å². The van der Waals surface area contributed by atoms with Crippen molar-refractivity contribution in [2.45, 2.75) is 19.4 Å². The molecular formula is C11H16N2O3S. The first kappa shape index (κ1) is 13.7.